The van der Waals surface area contributed by atoms with E-state index in [4.69, 9.17) is 9.26 Å². The summed E-state index contributed by atoms with van der Waals surface area (Å²) in [5, 5.41) is 6.70. The summed E-state index contributed by atoms with van der Waals surface area (Å²) in [5.74, 6) is -0.524. The highest BCUT2D eigenvalue weighted by atomic mass is 16.5. The Morgan fingerprint density at radius 2 is 2.03 bits per heavy atom. The van der Waals surface area contributed by atoms with Gasteiger partial charge in [-0.05, 0) is 37.3 Å². The minimum Gasteiger partial charge on any atom is -0.462 e. The van der Waals surface area contributed by atoms with E-state index in [1.54, 1.807) is 61.2 Å². The molecule has 0 radical (unpaired) electrons. The third-order valence-electron chi connectivity index (χ3n) is 5.08. The van der Waals surface area contributed by atoms with Crippen LogP contribution in [0.3, 0.4) is 0 Å². The Morgan fingerprint density at radius 3 is 2.78 bits per heavy atom. The van der Waals surface area contributed by atoms with E-state index >= 15 is 0 Å². The van der Waals surface area contributed by atoms with E-state index in [1.807, 2.05) is 6.07 Å². The van der Waals surface area contributed by atoms with Gasteiger partial charge >= 0.3 is 5.97 Å². The molecule has 1 aliphatic heterocycles. The van der Waals surface area contributed by atoms with Crippen molar-refractivity contribution in [3.63, 3.8) is 0 Å². The smallest absolute Gasteiger partial charge is 0.338 e. The van der Waals surface area contributed by atoms with Gasteiger partial charge in [0.15, 0.2) is 0 Å². The van der Waals surface area contributed by atoms with Gasteiger partial charge in [0.2, 0.25) is 23.5 Å². The number of aromatic nitrogens is 2. The number of rotatable bonds is 6. The summed E-state index contributed by atoms with van der Waals surface area (Å²) in [6.07, 6.45) is 0.0922. The first-order valence-electron chi connectivity index (χ1n) is 10.2. The van der Waals surface area contributed by atoms with Gasteiger partial charge in [0.25, 0.3) is 0 Å². The molecular formula is C23H22N4O5. The lowest BCUT2D eigenvalue weighted by molar-refractivity contribution is -0.122. The minimum atomic E-state index is -0.523. The fourth-order valence-corrected chi connectivity index (χ4v) is 3.54. The molecule has 0 saturated carbocycles. The molecule has 0 unspecified atom stereocenters. The molecule has 1 aromatic heterocycles. The van der Waals surface area contributed by atoms with Crippen LogP contribution in [0.2, 0.25) is 0 Å². The zero-order valence-electron chi connectivity index (χ0n) is 17.7. The van der Waals surface area contributed by atoms with Crippen LogP contribution in [0.4, 0.5) is 11.4 Å². The number of nitrogens with zero attached hydrogens (tertiary/aromatic N) is 3. The first kappa shape index (κ1) is 21.2. The van der Waals surface area contributed by atoms with Crippen molar-refractivity contribution in [2.75, 3.05) is 23.4 Å². The third-order valence-corrected chi connectivity index (χ3v) is 5.08. The van der Waals surface area contributed by atoms with Crippen LogP contribution in [0, 0.1) is 12.8 Å². The quantitative estimate of drug-likeness (QED) is 0.593. The number of esters is 1. The Kier molecular flexibility index (Phi) is 5.98. The predicted molar refractivity (Wildman–Crippen MR) is 116 cm³/mol. The van der Waals surface area contributed by atoms with E-state index < -0.39 is 11.9 Å². The van der Waals surface area contributed by atoms with Gasteiger partial charge in [0.1, 0.15) is 0 Å². The summed E-state index contributed by atoms with van der Waals surface area (Å²) in [6.45, 7) is 3.95. The number of ether oxygens (including phenoxy) is 1. The average Bonchev–Trinajstić information content (AvgIpc) is 3.40. The van der Waals surface area contributed by atoms with Crippen LogP contribution < -0.4 is 10.2 Å². The van der Waals surface area contributed by atoms with Gasteiger partial charge < -0.3 is 19.5 Å². The monoisotopic (exact) mass is 434 g/mol. The van der Waals surface area contributed by atoms with Crippen molar-refractivity contribution in [2.45, 2.75) is 20.3 Å². The van der Waals surface area contributed by atoms with Crippen molar-refractivity contribution in [1.82, 2.24) is 10.1 Å². The lowest BCUT2D eigenvalue weighted by Gasteiger charge is -2.17. The maximum absolute atomic E-state index is 12.8. The summed E-state index contributed by atoms with van der Waals surface area (Å²) < 4.78 is 10.0. The highest BCUT2D eigenvalue weighted by Gasteiger charge is 2.35. The molecule has 1 N–H and O–H groups in total. The van der Waals surface area contributed by atoms with Crippen molar-refractivity contribution in [3.05, 3.63) is 60.0 Å². The number of carbonyl (C=O) groups is 3. The van der Waals surface area contributed by atoms with Crippen molar-refractivity contribution in [1.29, 1.82) is 0 Å². The molecule has 0 spiro atoms. The van der Waals surface area contributed by atoms with Gasteiger partial charge in [-0.2, -0.15) is 4.98 Å². The molecule has 0 bridgehead atoms. The van der Waals surface area contributed by atoms with Crippen molar-refractivity contribution in [2.24, 2.45) is 5.92 Å². The second kappa shape index (κ2) is 9.01. The summed E-state index contributed by atoms with van der Waals surface area (Å²) in [4.78, 5) is 43.1. The van der Waals surface area contributed by atoms with Gasteiger partial charge in [0, 0.05) is 36.8 Å². The number of amides is 2. The zero-order chi connectivity index (χ0) is 22.7. The average molecular weight is 434 g/mol. The molecule has 1 aliphatic rings. The largest absolute Gasteiger partial charge is 0.462 e. The Bertz CT molecular complexity index is 1170. The van der Waals surface area contributed by atoms with Gasteiger partial charge in [0.05, 0.1) is 18.1 Å². The lowest BCUT2D eigenvalue weighted by Crippen LogP contribution is -2.28. The van der Waals surface area contributed by atoms with Crippen LogP contribution in [0.5, 0.6) is 0 Å². The fourth-order valence-electron chi connectivity index (χ4n) is 3.54. The maximum atomic E-state index is 12.8. The second-order valence-corrected chi connectivity index (χ2v) is 7.38. The summed E-state index contributed by atoms with van der Waals surface area (Å²) in [7, 11) is 0. The molecular weight excluding hydrogens is 412 g/mol. The number of benzene rings is 2. The molecule has 1 saturated heterocycles. The van der Waals surface area contributed by atoms with E-state index in [-0.39, 0.29) is 31.4 Å². The predicted octanol–water partition coefficient (Wildman–Crippen LogP) is 3.21. The fraction of sp³-hybridized carbons (Fsp3) is 0.261. The van der Waals surface area contributed by atoms with E-state index in [0.717, 1.165) is 5.56 Å². The maximum Gasteiger partial charge on any atom is 0.338 e. The van der Waals surface area contributed by atoms with E-state index in [0.29, 0.717) is 28.7 Å². The molecule has 9 nitrogen and oxygen atoms in total. The Morgan fingerprint density at radius 1 is 1.22 bits per heavy atom. The molecule has 2 aromatic carbocycles. The normalized spacial score (nSPS) is 15.6. The Labute approximate surface area is 184 Å². The molecule has 32 heavy (non-hydrogen) atoms. The second-order valence-electron chi connectivity index (χ2n) is 7.38. The molecule has 3 aromatic rings. The van der Waals surface area contributed by atoms with E-state index in [2.05, 4.69) is 15.5 Å². The Balaban J connectivity index is 1.45. The van der Waals surface area contributed by atoms with Crippen molar-refractivity contribution in [3.8, 4) is 11.4 Å². The Hall–Kier alpha value is -4.01. The number of hydrogen-bond acceptors (Lipinski definition) is 7. The topological polar surface area (TPSA) is 115 Å². The van der Waals surface area contributed by atoms with Crippen LogP contribution >= 0.6 is 0 Å². The minimum absolute atomic E-state index is 0.0922. The summed E-state index contributed by atoms with van der Waals surface area (Å²) in [6, 6.07) is 13.8. The standard InChI is InChI=1S/C23H22N4O5/c1-3-31-23(30)16-7-4-8-18(10-16)25-22(29)17-12-20(28)27(13-17)19-9-5-6-15(11-19)21-24-14(2)32-26-21/h4-11,17H,3,12-13H2,1-2H3,(H,25,29)/t17-/m1/s1. The van der Waals surface area contributed by atoms with Crippen molar-refractivity contribution >= 4 is 29.2 Å². The molecule has 2 amide bonds. The van der Waals surface area contributed by atoms with Crippen molar-refractivity contribution < 1.29 is 23.6 Å². The number of hydrogen-bond donors (Lipinski definition) is 1. The molecule has 1 atom stereocenters. The van der Waals surface area contributed by atoms with E-state index in [1.165, 1.54) is 0 Å². The van der Waals surface area contributed by atoms with E-state index in [9.17, 15) is 14.4 Å². The number of anilines is 2. The molecule has 2 heterocycles. The van der Waals surface area contributed by atoms with Gasteiger partial charge in [-0.1, -0.05) is 23.4 Å². The highest BCUT2D eigenvalue weighted by Crippen LogP contribution is 2.29. The molecule has 0 aliphatic carbocycles. The summed E-state index contributed by atoms with van der Waals surface area (Å²) in [5.41, 5.74) is 2.20. The molecule has 164 valence electrons. The number of carbonyl (C=O) groups excluding carboxylic acids is 3. The van der Waals surface area contributed by atoms with Gasteiger partial charge in [-0.25, -0.2) is 4.79 Å². The van der Waals surface area contributed by atoms with Crippen LogP contribution in [-0.2, 0) is 14.3 Å². The number of aryl methyl sites for hydroxylation is 1. The highest BCUT2D eigenvalue weighted by molar-refractivity contribution is 6.04. The van der Waals surface area contributed by atoms with Crippen LogP contribution in [0.1, 0.15) is 29.6 Å². The lowest BCUT2D eigenvalue weighted by atomic mass is 10.1. The number of nitrogens with one attached hydrogen (secondary N) is 1. The van der Waals surface area contributed by atoms with Gasteiger partial charge in [-0.15, -0.1) is 0 Å². The third kappa shape index (κ3) is 4.51. The summed E-state index contributed by atoms with van der Waals surface area (Å²) >= 11 is 0. The first-order chi connectivity index (χ1) is 15.4. The van der Waals surface area contributed by atoms with Crippen LogP contribution in [-0.4, -0.2) is 41.1 Å². The van der Waals surface area contributed by atoms with Crippen LogP contribution in [0.25, 0.3) is 11.4 Å². The molecule has 9 heteroatoms. The van der Waals surface area contributed by atoms with Gasteiger partial charge in [-0.3, -0.25) is 9.59 Å². The van der Waals surface area contributed by atoms with Crippen LogP contribution in [0.15, 0.2) is 53.1 Å². The molecule has 4 rings (SSSR count). The zero-order valence-corrected chi connectivity index (χ0v) is 17.7. The SMILES string of the molecule is CCOC(=O)c1cccc(NC(=O)[C@@H]2CC(=O)N(c3cccc(-c4noc(C)n4)c3)C2)c1. The first-order valence-corrected chi connectivity index (χ1v) is 10.2. The molecule has 1 fully saturated rings.